The average molecular weight is 824 g/mol. The van der Waals surface area contributed by atoms with Gasteiger partial charge >= 0.3 is 7.12 Å². The molecule has 0 aliphatic carbocycles. The van der Waals surface area contributed by atoms with Crippen LogP contribution in [0.25, 0.3) is 66.3 Å². The molecular weight excluding hydrogens is 776 g/mol. The summed E-state index contributed by atoms with van der Waals surface area (Å²) in [6, 6.07) is 66.9. The Bertz CT molecular complexity index is 3130. The maximum absolute atomic E-state index is 16.2. The Hall–Kier alpha value is -6.36. The van der Waals surface area contributed by atoms with Crippen molar-refractivity contribution < 1.29 is 13.9 Å². The number of rotatable bonds is 8. The minimum Gasteiger partial charge on any atom is -0.399 e. The van der Waals surface area contributed by atoms with Gasteiger partial charge in [-0.2, -0.15) is 0 Å². The molecule has 0 atom stereocenters. The molecule has 1 aliphatic rings. The van der Waals surface area contributed by atoms with Crippen molar-refractivity contribution in [2.24, 2.45) is 0 Å². The van der Waals surface area contributed by atoms with Crippen LogP contribution in [0, 0.1) is 6.92 Å². The summed E-state index contributed by atoms with van der Waals surface area (Å²) >= 11 is 0. The van der Waals surface area contributed by atoms with Crippen molar-refractivity contribution >= 4 is 57.3 Å². The Morgan fingerprint density at radius 1 is 0.484 bits per heavy atom. The SMILES string of the molecule is Cc1ccccc1-c1c(-c2ccccc2-c2ccccc2)ccc2c(-c3cc(B4OC(C)(C)C(C)(C)O4)cc(P(=O)(c4ccccc4)c4ccccc4)c3)nc3ccccc3c12. The van der Waals surface area contributed by atoms with E-state index in [1.807, 2.05) is 66.7 Å². The van der Waals surface area contributed by atoms with Crippen molar-refractivity contribution in [3.05, 3.63) is 200 Å². The predicted molar refractivity (Wildman–Crippen MR) is 261 cm³/mol. The fourth-order valence-electron chi connectivity index (χ4n) is 9.00. The Labute approximate surface area is 364 Å². The Morgan fingerprint density at radius 3 is 1.68 bits per heavy atom. The number of nitrogens with zero attached hydrogens (tertiary/aromatic N) is 1. The molecule has 0 N–H and O–H groups in total. The maximum Gasteiger partial charge on any atom is 0.494 e. The van der Waals surface area contributed by atoms with Crippen molar-refractivity contribution in [1.29, 1.82) is 0 Å². The van der Waals surface area contributed by atoms with Gasteiger partial charge in [0.05, 0.1) is 22.4 Å². The van der Waals surface area contributed by atoms with Crippen LogP contribution in [-0.4, -0.2) is 23.3 Å². The number of fused-ring (bicyclic) bond motifs is 3. The van der Waals surface area contributed by atoms with Gasteiger partial charge in [-0.15, -0.1) is 0 Å². The molecule has 10 rings (SSSR count). The zero-order valence-corrected chi connectivity index (χ0v) is 36.6. The lowest BCUT2D eigenvalue weighted by Crippen LogP contribution is -2.41. The first-order valence-electron chi connectivity index (χ1n) is 21.3. The van der Waals surface area contributed by atoms with Crippen molar-refractivity contribution in [2.45, 2.75) is 45.8 Å². The highest BCUT2D eigenvalue weighted by atomic mass is 31.2. The summed E-state index contributed by atoms with van der Waals surface area (Å²) in [6.07, 6.45) is 0. The number of pyridine rings is 1. The molecule has 4 nitrogen and oxygen atoms in total. The van der Waals surface area contributed by atoms with Gasteiger partial charge in [-0.05, 0) is 91.2 Å². The third kappa shape index (κ3) is 6.73. The van der Waals surface area contributed by atoms with Crippen LogP contribution in [0.1, 0.15) is 33.3 Å². The van der Waals surface area contributed by atoms with E-state index in [0.717, 1.165) is 76.8 Å². The first-order valence-corrected chi connectivity index (χ1v) is 23.0. The van der Waals surface area contributed by atoms with Crippen LogP contribution in [0.4, 0.5) is 0 Å². The first kappa shape index (κ1) is 39.8. The molecule has 8 aromatic carbocycles. The van der Waals surface area contributed by atoms with Crippen LogP contribution in [0.5, 0.6) is 0 Å². The smallest absolute Gasteiger partial charge is 0.399 e. The van der Waals surface area contributed by atoms with Gasteiger partial charge in [-0.25, -0.2) is 4.98 Å². The molecule has 1 fully saturated rings. The summed E-state index contributed by atoms with van der Waals surface area (Å²) in [4.78, 5) is 5.52. The number of hydrogen-bond donors (Lipinski definition) is 0. The van der Waals surface area contributed by atoms with E-state index < -0.39 is 25.5 Å². The van der Waals surface area contributed by atoms with Crippen LogP contribution >= 0.6 is 7.14 Å². The van der Waals surface area contributed by atoms with Gasteiger partial charge in [0.2, 0.25) is 0 Å². The third-order valence-corrected chi connectivity index (χ3v) is 16.0. The number of aromatic nitrogens is 1. The van der Waals surface area contributed by atoms with Gasteiger partial charge < -0.3 is 13.9 Å². The molecule has 9 aromatic rings. The second kappa shape index (κ2) is 15.5. The zero-order chi connectivity index (χ0) is 42.6. The van der Waals surface area contributed by atoms with Gasteiger partial charge in [-0.1, -0.05) is 182 Å². The van der Waals surface area contributed by atoms with Gasteiger partial charge in [0.15, 0.2) is 7.14 Å². The molecule has 0 saturated carbocycles. The largest absolute Gasteiger partial charge is 0.494 e. The second-order valence-electron chi connectivity index (χ2n) is 17.3. The fraction of sp³-hybridized carbons (Fsp3) is 0.125. The Morgan fingerprint density at radius 2 is 1.03 bits per heavy atom. The molecule has 0 bridgehead atoms. The Kier molecular flexibility index (Phi) is 9.96. The second-order valence-corrected chi connectivity index (χ2v) is 20.1. The van der Waals surface area contributed by atoms with E-state index in [1.54, 1.807) is 0 Å². The van der Waals surface area contributed by atoms with Gasteiger partial charge in [0, 0.05) is 37.6 Å². The van der Waals surface area contributed by atoms with Crippen LogP contribution in [-0.2, 0) is 13.9 Å². The van der Waals surface area contributed by atoms with Crippen molar-refractivity contribution in [1.82, 2.24) is 4.98 Å². The van der Waals surface area contributed by atoms with Crippen LogP contribution in [0.2, 0.25) is 0 Å². The number of para-hydroxylation sites is 1. The van der Waals surface area contributed by atoms with Crippen LogP contribution in [0.3, 0.4) is 0 Å². The summed E-state index contributed by atoms with van der Waals surface area (Å²) in [6.45, 7) is 10.5. The van der Waals surface area contributed by atoms with Crippen molar-refractivity contribution in [2.75, 3.05) is 0 Å². The summed E-state index contributed by atoms with van der Waals surface area (Å²) in [5.74, 6) is 0. The van der Waals surface area contributed by atoms with E-state index in [9.17, 15) is 0 Å². The lowest BCUT2D eigenvalue weighted by atomic mass is 9.77. The lowest BCUT2D eigenvalue weighted by molar-refractivity contribution is 0.00578. The minimum atomic E-state index is -3.45. The number of hydrogen-bond acceptors (Lipinski definition) is 4. The molecule has 2 heterocycles. The molecule has 6 heteroatoms. The molecule has 0 unspecified atom stereocenters. The monoisotopic (exact) mass is 823 g/mol. The first-order chi connectivity index (χ1) is 30.0. The van der Waals surface area contributed by atoms with E-state index in [1.165, 1.54) is 11.1 Å². The maximum atomic E-state index is 16.2. The minimum absolute atomic E-state index is 0.584. The highest BCUT2D eigenvalue weighted by Crippen LogP contribution is 2.48. The molecule has 0 radical (unpaired) electrons. The van der Waals surface area contributed by atoms with Gasteiger partial charge in [0.1, 0.15) is 0 Å². The number of aryl methyl sites for hydroxylation is 1. The molecular formula is C56H47BNO3P. The topological polar surface area (TPSA) is 48.4 Å². The van der Waals surface area contributed by atoms with E-state index in [4.69, 9.17) is 14.3 Å². The number of benzene rings is 8. The fourth-order valence-corrected chi connectivity index (χ4v) is 11.7. The average Bonchev–Trinajstić information content (AvgIpc) is 3.54. The van der Waals surface area contributed by atoms with Crippen LogP contribution in [0.15, 0.2) is 194 Å². The highest BCUT2D eigenvalue weighted by molar-refractivity contribution is 7.85. The normalized spacial score (nSPS) is 14.7. The molecule has 62 heavy (non-hydrogen) atoms. The third-order valence-electron chi connectivity index (χ3n) is 12.9. The molecule has 1 saturated heterocycles. The van der Waals surface area contributed by atoms with Crippen molar-refractivity contribution in [3.63, 3.8) is 0 Å². The lowest BCUT2D eigenvalue weighted by Gasteiger charge is -2.32. The highest BCUT2D eigenvalue weighted by Gasteiger charge is 2.52. The van der Waals surface area contributed by atoms with E-state index in [0.29, 0.717) is 5.30 Å². The van der Waals surface area contributed by atoms with E-state index in [2.05, 4.69) is 162 Å². The quantitative estimate of drug-likeness (QED) is 0.0870. The zero-order valence-electron chi connectivity index (χ0n) is 35.7. The molecule has 0 amide bonds. The molecule has 1 aromatic heterocycles. The van der Waals surface area contributed by atoms with E-state index in [-0.39, 0.29) is 0 Å². The molecule has 1 aliphatic heterocycles. The van der Waals surface area contributed by atoms with Crippen molar-refractivity contribution in [3.8, 4) is 44.6 Å². The van der Waals surface area contributed by atoms with E-state index >= 15 is 4.57 Å². The van der Waals surface area contributed by atoms with Crippen LogP contribution < -0.4 is 21.4 Å². The summed E-state index contributed by atoms with van der Waals surface area (Å²) in [5.41, 5.74) is 10.2. The molecule has 0 spiro atoms. The standard InChI is InChI=1S/C56H47BNO3P/c1-38-21-15-16-28-45(38)52-48(47-30-18-17-29-46(47)39-22-9-6-10-23-39)33-34-50-53(52)49-31-19-20-32-51(49)58-54(50)40-35-41(57-60-55(2,3)56(4,5)61-57)37-44(36-40)62(59,42-24-11-7-12-25-42)43-26-13-8-14-27-43/h6-37H,1-5H3. The summed E-state index contributed by atoms with van der Waals surface area (Å²) in [7, 11) is -4.15. The van der Waals surface area contributed by atoms with Gasteiger partial charge in [0.25, 0.3) is 0 Å². The molecule has 302 valence electrons. The van der Waals surface area contributed by atoms with Gasteiger partial charge in [-0.3, -0.25) is 0 Å². The Balaban J connectivity index is 1.31. The summed E-state index contributed by atoms with van der Waals surface area (Å²) in [5, 5.41) is 5.36. The summed E-state index contributed by atoms with van der Waals surface area (Å²) < 4.78 is 29.7. The predicted octanol–water partition coefficient (Wildman–Crippen LogP) is 12.3.